The van der Waals surface area contributed by atoms with Gasteiger partial charge in [-0.2, -0.15) is 0 Å². The first-order valence-corrected chi connectivity index (χ1v) is 6.06. The van der Waals surface area contributed by atoms with Gasteiger partial charge in [-0.15, -0.1) is 0 Å². The van der Waals surface area contributed by atoms with E-state index in [1.54, 1.807) is 36.7 Å². The third kappa shape index (κ3) is 2.54. The van der Waals surface area contributed by atoms with E-state index < -0.39 is 0 Å². The summed E-state index contributed by atoms with van der Waals surface area (Å²) in [5, 5.41) is 0. The van der Waals surface area contributed by atoms with E-state index in [1.165, 1.54) is 24.3 Å². The highest BCUT2D eigenvalue weighted by molar-refractivity contribution is 5.63. The minimum atomic E-state index is -0.295. The lowest BCUT2D eigenvalue weighted by molar-refractivity contribution is 0.627. The van der Waals surface area contributed by atoms with E-state index in [9.17, 15) is 8.78 Å². The Kier molecular flexibility index (Phi) is 3.21. The summed E-state index contributed by atoms with van der Waals surface area (Å²) in [6, 6.07) is 12.1. The average molecular weight is 268 g/mol. The molecule has 2 nitrogen and oxygen atoms in total. The van der Waals surface area contributed by atoms with Gasteiger partial charge in [-0.1, -0.05) is 12.1 Å². The van der Waals surface area contributed by atoms with Crippen molar-refractivity contribution in [1.82, 2.24) is 9.97 Å². The molecular formula is C16H10F2N2. The van der Waals surface area contributed by atoms with Gasteiger partial charge >= 0.3 is 0 Å². The number of benzene rings is 2. The highest BCUT2D eigenvalue weighted by Crippen LogP contribution is 2.20. The smallest absolute Gasteiger partial charge is 0.159 e. The first-order chi connectivity index (χ1) is 9.72. The van der Waals surface area contributed by atoms with E-state index in [2.05, 4.69) is 9.97 Å². The Bertz CT molecular complexity index is 640. The largest absolute Gasteiger partial charge is 0.236 e. The molecule has 0 fully saturated rings. The van der Waals surface area contributed by atoms with E-state index in [0.717, 1.165) is 16.7 Å². The molecule has 0 aliphatic heterocycles. The van der Waals surface area contributed by atoms with Gasteiger partial charge < -0.3 is 0 Å². The fourth-order valence-electron chi connectivity index (χ4n) is 1.87. The van der Waals surface area contributed by atoms with Crippen LogP contribution < -0.4 is 0 Å². The van der Waals surface area contributed by atoms with Crippen LogP contribution in [0.25, 0.3) is 22.5 Å². The van der Waals surface area contributed by atoms with Gasteiger partial charge in [0.15, 0.2) is 5.82 Å². The van der Waals surface area contributed by atoms with Crippen LogP contribution in [0.15, 0.2) is 60.9 Å². The molecule has 0 saturated carbocycles. The van der Waals surface area contributed by atoms with Crippen molar-refractivity contribution in [3.8, 4) is 22.5 Å². The molecule has 3 aromatic rings. The fourth-order valence-corrected chi connectivity index (χ4v) is 1.87. The molecule has 4 heteroatoms. The molecule has 0 atom stereocenters. The lowest BCUT2D eigenvalue weighted by Crippen LogP contribution is -1.90. The minimum Gasteiger partial charge on any atom is -0.236 e. The summed E-state index contributed by atoms with van der Waals surface area (Å²) in [7, 11) is 0. The summed E-state index contributed by atoms with van der Waals surface area (Å²) < 4.78 is 25.7. The van der Waals surface area contributed by atoms with E-state index in [4.69, 9.17) is 0 Å². The number of rotatable bonds is 2. The molecule has 98 valence electrons. The number of hydrogen-bond donors (Lipinski definition) is 0. The molecule has 3 rings (SSSR count). The van der Waals surface area contributed by atoms with E-state index in [1.807, 2.05) is 0 Å². The van der Waals surface area contributed by atoms with E-state index in [0.29, 0.717) is 5.82 Å². The van der Waals surface area contributed by atoms with Crippen molar-refractivity contribution in [2.75, 3.05) is 0 Å². The molecule has 0 bridgehead atoms. The second-order valence-corrected chi connectivity index (χ2v) is 4.31. The summed E-state index contributed by atoms with van der Waals surface area (Å²) in [5.74, 6) is -0.0508. The van der Waals surface area contributed by atoms with E-state index >= 15 is 0 Å². The maximum atomic E-state index is 12.9. The zero-order valence-electron chi connectivity index (χ0n) is 10.4. The van der Waals surface area contributed by atoms with Gasteiger partial charge in [0.2, 0.25) is 0 Å². The van der Waals surface area contributed by atoms with Crippen molar-refractivity contribution in [3.63, 3.8) is 0 Å². The second kappa shape index (κ2) is 5.17. The molecule has 0 aliphatic rings. The topological polar surface area (TPSA) is 25.8 Å². The van der Waals surface area contributed by atoms with Crippen LogP contribution >= 0.6 is 0 Å². The van der Waals surface area contributed by atoms with Gasteiger partial charge in [0, 0.05) is 23.5 Å². The molecule has 2 aromatic carbocycles. The molecule has 1 heterocycles. The predicted octanol–water partition coefficient (Wildman–Crippen LogP) is 4.09. The second-order valence-electron chi connectivity index (χ2n) is 4.31. The van der Waals surface area contributed by atoms with Crippen LogP contribution in [0.5, 0.6) is 0 Å². The molecule has 0 aliphatic carbocycles. The lowest BCUT2D eigenvalue weighted by Gasteiger charge is -2.03. The summed E-state index contributed by atoms with van der Waals surface area (Å²) in [4.78, 5) is 8.50. The Balaban J connectivity index is 1.91. The third-order valence-electron chi connectivity index (χ3n) is 2.93. The predicted molar refractivity (Wildman–Crippen MR) is 72.8 cm³/mol. The number of halogens is 2. The quantitative estimate of drug-likeness (QED) is 0.699. The Morgan fingerprint density at radius 2 is 1.00 bits per heavy atom. The van der Waals surface area contributed by atoms with Gasteiger partial charge in [0.25, 0.3) is 0 Å². The van der Waals surface area contributed by atoms with Crippen LogP contribution in [0.3, 0.4) is 0 Å². The molecule has 1 aromatic heterocycles. The lowest BCUT2D eigenvalue weighted by atomic mass is 10.1. The van der Waals surface area contributed by atoms with Gasteiger partial charge in [-0.25, -0.2) is 18.7 Å². The van der Waals surface area contributed by atoms with Gasteiger partial charge in [0.05, 0.1) is 0 Å². The van der Waals surface area contributed by atoms with Crippen molar-refractivity contribution in [3.05, 3.63) is 72.6 Å². The number of hydrogen-bond acceptors (Lipinski definition) is 2. The Labute approximate surface area is 114 Å². The van der Waals surface area contributed by atoms with E-state index in [-0.39, 0.29) is 11.6 Å². The van der Waals surface area contributed by atoms with Crippen LogP contribution in [0, 0.1) is 11.6 Å². The summed E-state index contributed by atoms with van der Waals surface area (Å²) in [6.45, 7) is 0. The average Bonchev–Trinajstić information content (AvgIpc) is 2.49. The molecule has 20 heavy (non-hydrogen) atoms. The molecule has 0 amide bonds. The van der Waals surface area contributed by atoms with Crippen molar-refractivity contribution in [2.45, 2.75) is 0 Å². The maximum Gasteiger partial charge on any atom is 0.159 e. The molecule has 0 unspecified atom stereocenters. The number of nitrogens with zero attached hydrogens (tertiary/aromatic N) is 2. The summed E-state index contributed by atoms with van der Waals surface area (Å²) >= 11 is 0. The summed E-state index contributed by atoms with van der Waals surface area (Å²) in [6.07, 6.45) is 3.33. The molecule has 0 spiro atoms. The standard InChI is InChI=1S/C16H10F2N2/c17-14-5-1-11(2-6-14)13-9-19-16(20-10-13)12-3-7-15(18)8-4-12/h1-10H. The minimum absolute atomic E-state index is 0.280. The highest BCUT2D eigenvalue weighted by atomic mass is 19.1. The molecule has 0 saturated heterocycles. The first-order valence-electron chi connectivity index (χ1n) is 6.06. The molecule has 0 N–H and O–H groups in total. The number of aromatic nitrogens is 2. The van der Waals surface area contributed by atoms with Crippen molar-refractivity contribution in [2.24, 2.45) is 0 Å². The van der Waals surface area contributed by atoms with Crippen molar-refractivity contribution >= 4 is 0 Å². The Morgan fingerprint density at radius 3 is 1.50 bits per heavy atom. The highest BCUT2D eigenvalue weighted by Gasteiger charge is 2.03. The normalized spacial score (nSPS) is 10.5. The Hall–Kier alpha value is -2.62. The van der Waals surface area contributed by atoms with Crippen molar-refractivity contribution < 1.29 is 8.78 Å². The van der Waals surface area contributed by atoms with Crippen LogP contribution in [0.2, 0.25) is 0 Å². The first kappa shape index (κ1) is 12.4. The van der Waals surface area contributed by atoms with Crippen LogP contribution in [0.1, 0.15) is 0 Å². The maximum absolute atomic E-state index is 12.9. The van der Waals surface area contributed by atoms with Crippen LogP contribution in [-0.2, 0) is 0 Å². The summed E-state index contributed by atoms with van der Waals surface area (Å²) in [5.41, 5.74) is 2.39. The van der Waals surface area contributed by atoms with Crippen molar-refractivity contribution in [1.29, 1.82) is 0 Å². The van der Waals surface area contributed by atoms with Gasteiger partial charge in [-0.3, -0.25) is 0 Å². The Morgan fingerprint density at radius 1 is 0.550 bits per heavy atom. The fraction of sp³-hybridized carbons (Fsp3) is 0. The van der Waals surface area contributed by atoms with Crippen LogP contribution in [0.4, 0.5) is 8.78 Å². The van der Waals surface area contributed by atoms with Crippen LogP contribution in [-0.4, -0.2) is 9.97 Å². The zero-order valence-corrected chi connectivity index (χ0v) is 10.4. The monoisotopic (exact) mass is 268 g/mol. The third-order valence-corrected chi connectivity index (χ3v) is 2.93. The van der Waals surface area contributed by atoms with Gasteiger partial charge in [-0.05, 0) is 42.0 Å². The molecule has 0 radical (unpaired) electrons. The molecular weight excluding hydrogens is 258 g/mol. The zero-order chi connectivity index (χ0) is 13.9. The van der Waals surface area contributed by atoms with Gasteiger partial charge in [0.1, 0.15) is 11.6 Å². The SMILES string of the molecule is Fc1ccc(-c2cnc(-c3ccc(F)cc3)nc2)cc1.